The number of carbonyl (C=O) groups is 2. The quantitative estimate of drug-likeness (QED) is 0.818. The summed E-state index contributed by atoms with van der Waals surface area (Å²) >= 11 is 0. The average molecular weight is 338 g/mol. The molecule has 1 N–H and O–H groups in total. The lowest BCUT2D eigenvalue weighted by molar-refractivity contribution is -0.140. The highest BCUT2D eigenvalue weighted by atomic mass is 19.1. The molecule has 0 bridgehead atoms. The number of anilines is 2. The van der Waals surface area contributed by atoms with Crippen LogP contribution in [0.4, 0.5) is 15.8 Å². The van der Waals surface area contributed by atoms with E-state index in [-0.39, 0.29) is 24.6 Å². The zero-order chi connectivity index (χ0) is 17.7. The maximum absolute atomic E-state index is 13.8. The Morgan fingerprint density at radius 2 is 2.00 bits per heavy atom. The Kier molecular flexibility index (Phi) is 5.75. The van der Waals surface area contributed by atoms with Crippen LogP contribution in [0, 0.1) is 5.82 Å². The number of hydrogen-bond donors (Lipinski definition) is 1. The van der Waals surface area contributed by atoms with Gasteiger partial charge in [0.25, 0.3) is 0 Å². The molecule has 0 fully saturated rings. The zero-order valence-corrected chi connectivity index (χ0v) is 13.7. The van der Waals surface area contributed by atoms with Gasteiger partial charge in [-0.05, 0) is 25.1 Å². The third-order valence-corrected chi connectivity index (χ3v) is 3.45. The smallest absolute Gasteiger partial charge is 0.355 e. The molecule has 0 aliphatic carbocycles. The lowest BCUT2D eigenvalue weighted by atomic mass is 10.1. The summed E-state index contributed by atoms with van der Waals surface area (Å²) < 4.78 is 28.6. The van der Waals surface area contributed by atoms with Gasteiger partial charge in [-0.1, -0.05) is 0 Å². The second kappa shape index (κ2) is 7.78. The maximum Gasteiger partial charge on any atom is 0.355 e. The summed E-state index contributed by atoms with van der Waals surface area (Å²) in [4.78, 5) is 25.6. The molecule has 24 heavy (non-hydrogen) atoms. The minimum absolute atomic E-state index is 0.0160. The molecule has 0 aromatic heterocycles. The van der Waals surface area contributed by atoms with Crippen molar-refractivity contribution in [2.45, 2.75) is 6.92 Å². The number of rotatable bonds is 5. The van der Waals surface area contributed by atoms with E-state index in [1.807, 2.05) is 6.92 Å². The fourth-order valence-electron chi connectivity index (χ4n) is 2.40. The lowest BCUT2D eigenvalue weighted by Gasteiger charge is -2.32. The van der Waals surface area contributed by atoms with Gasteiger partial charge in [0.2, 0.25) is 0 Å². The van der Waals surface area contributed by atoms with Gasteiger partial charge in [-0.3, -0.25) is 0 Å². The van der Waals surface area contributed by atoms with E-state index in [1.165, 1.54) is 31.3 Å². The van der Waals surface area contributed by atoms with Crippen molar-refractivity contribution in [1.29, 1.82) is 0 Å². The van der Waals surface area contributed by atoms with Gasteiger partial charge in [0.15, 0.2) is 0 Å². The number of nitrogens with one attached hydrogen (secondary N) is 1. The van der Waals surface area contributed by atoms with E-state index in [0.717, 1.165) is 0 Å². The molecule has 0 unspecified atom stereocenters. The molecular weight excluding hydrogens is 319 g/mol. The molecule has 1 aromatic rings. The Bertz CT molecular complexity index is 674. The van der Waals surface area contributed by atoms with Gasteiger partial charge in [0, 0.05) is 6.54 Å². The van der Waals surface area contributed by atoms with Crippen molar-refractivity contribution in [3.05, 3.63) is 35.3 Å². The summed E-state index contributed by atoms with van der Waals surface area (Å²) in [5.74, 6) is -1.92. The van der Waals surface area contributed by atoms with Crippen molar-refractivity contribution in [3.63, 3.8) is 0 Å². The standard InChI is InChI=1S/C16H19FN2O5/c1-4-18-12-6-5-10(17)7-13(12)19-9-24-8-11(15(20)22-2)14(19)16(21)23-3/h5-7,18H,4,8-9H2,1-3H3. The SMILES string of the molecule is CCNc1ccc(F)cc1N1COCC(C(=O)OC)=C1C(=O)OC. The van der Waals surface area contributed by atoms with Crippen LogP contribution in [0.15, 0.2) is 29.5 Å². The third kappa shape index (κ3) is 3.48. The van der Waals surface area contributed by atoms with E-state index >= 15 is 0 Å². The molecule has 2 rings (SSSR count). The number of halogens is 1. The molecule has 0 radical (unpaired) electrons. The highest BCUT2D eigenvalue weighted by molar-refractivity contribution is 6.04. The van der Waals surface area contributed by atoms with Crippen molar-refractivity contribution in [1.82, 2.24) is 0 Å². The third-order valence-electron chi connectivity index (χ3n) is 3.45. The van der Waals surface area contributed by atoms with Gasteiger partial charge in [-0.2, -0.15) is 0 Å². The molecule has 7 nitrogen and oxygen atoms in total. The predicted molar refractivity (Wildman–Crippen MR) is 84.9 cm³/mol. The average Bonchev–Trinajstić information content (AvgIpc) is 2.61. The molecule has 1 heterocycles. The molecule has 8 heteroatoms. The van der Waals surface area contributed by atoms with E-state index in [0.29, 0.717) is 17.9 Å². The van der Waals surface area contributed by atoms with Crippen LogP contribution in [-0.4, -0.2) is 46.0 Å². The van der Waals surface area contributed by atoms with E-state index in [9.17, 15) is 14.0 Å². The van der Waals surface area contributed by atoms with Gasteiger partial charge in [0.05, 0.1) is 37.8 Å². The van der Waals surface area contributed by atoms with Gasteiger partial charge in [-0.15, -0.1) is 0 Å². The van der Waals surface area contributed by atoms with E-state index in [4.69, 9.17) is 14.2 Å². The lowest BCUT2D eigenvalue weighted by Crippen LogP contribution is -2.39. The molecule has 130 valence electrons. The van der Waals surface area contributed by atoms with Crippen LogP contribution in [0.3, 0.4) is 0 Å². The summed E-state index contributed by atoms with van der Waals surface area (Å²) in [5, 5.41) is 3.08. The van der Waals surface area contributed by atoms with E-state index in [1.54, 1.807) is 6.07 Å². The van der Waals surface area contributed by atoms with Gasteiger partial charge >= 0.3 is 11.9 Å². The Labute approximate surface area is 139 Å². The highest BCUT2D eigenvalue weighted by Gasteiger charge is 2.33. The largest absolute Gasteiger partial charge is 0.466 e. The van der Waals surface area contributed by atoms with Crippen LogP contribution in [-0.2, 0) is 23.8 Å². The molecule has 1 aliphatic rings. The normalized spacial score (nSPS) is 14.4. The second-order valence-electron chi connectivity index (χ2n) is 4.91. The molecule has 0 atom stereocenters. The number of ether oxygens (including phenoxy) is 3. The minimum Gasteiger partial charge on any atom is -0.466 e. The van der Waals surface area contributed by atoms with Gasteiger partial charge in [0.1, 0.15) is 18.2 Å². The van der Waals surface area contributed by atoms with Crippen molar-refractivity contribution >= 4 is 23.3 Å². The number of hydrogen-bond acceptors (Lipinski definition) is 7. The van der Waals surface area contributed by atoms with Crippen molar-refractivity contribution in [3.8, 4) is 0 Å². The fraction of sp³-hybridized carbons (Fsp3) is 0.375. The first-order valence-electron chi connectivity index (χ1n) is 7.32. The number of carbonyl (C=O) groups excluding carboxylic acids is 2. The zero-order valence-electron chi connectivity index (χ0n) is 13.7. The Morgan fingerprint density at radius 1 is 1.29 bits per heavy atom. The van der Waals surface area contributed by atoms with Crippen LogP contribution < -0.4 is 10.2 Å². The summed E-state index contributed by atoms with van der Waals surface area (Å²) in [6.45, 7) is 2.34. The topological polar surface area (TPSA) is 77.1 Å². The molecule has 0 saturated heterocycles. The van der Waals surface area contributed by atoms with Crippen molar-refractivity contribution in [2.24, 2.45) is 0 Å². The van der Waals surface area contributed by atoms with Crippen LogP contribution in [0.25, 0.3) is 0 Å². The van der Waals surface area contributed by atoms with Crippen LogP contribution in [0.5, 0.6) is 0 Å². The maximum atomic E-state index is 13.8. The second-order valence-corrected chi connectivity index (χ2v) is 4.91. The molecule has 1 aliphatic heterocycles. The summed E-state index contributed by atoms with van der Waals surface area (Å²) in [5.41, 5.74) is 0.941. The van der Waals surface area contributed by atoms with Crippen LogP contribution in [0.1, 0.15) is 6.92 Å². The van der Waals surface area contributed by atoms with Crippen molar-refractivity contribution in [2.75, 3.05) is 44.3 Å². The van der Waals surface area contributed by atoms with Gasteiger partial charge in [-0.25, -0.2) is 14.0 Å². The Hall–Kier alpha value is -2.61. The predicted octanol–water partition coefficient (Wildman–Crippen LogP) is 1.65. The first-order valence-corrected chi connectivity index (χ1v) is 7.32. The summed E-state index contributed by atoms with van der Waals surface area (Å²) in [7, 11) is 2.41. The highest BCUT2D eigenvalue weighted by Crippen LogP contribution is 2.33. The first kappa shape index (κ1) is 17.7. The monoisotopic (exact) mass is 338 g/mol. The number of nitrogens with zero attached hydrogens (tertiary/aromatic N) is 1. The number of esters is 2. The van der Waals surface area contributed by atoms with Gasteiger partial charge < -0.3 is 24.4 Å². The molecule has 0 amide bonds. The fourth-order valence-corrected chi connectivity index (χ4v) is 2.40. The molecule has 1 aromatic carbocycles. The molecule has 0 saturated carbocycles. The Balaban J connectivity index is 2.61. The van der Waals surface area contributed by atoms with Crippen LogP contribution in [0.2, 0.25) is 0 Å². The summed E-state index contributed by atoms with van der Waals surface area (Å²) in [6, 6.07) is 4.11. The molecule has 0 spiro atoms. The first-order chi connectivity index (χ1) is 11.5. The van der Waals surface area contributed by atoms with E-state index < -0.39 is 17.8 Å². The van der Waals surface area contributed by atoms with Crippen LogP contribution >= 0.6 is 0 Å². The summed E-state index contributed by atoms with van der Waals surface area (Å²) in [6.07, 6.45) is 0. The number of benzene rings is 1. The number of methoxy groups -OCH3 is 2. The Morgan fingerprint density at radius 3 is 2.62 bits per heavy atom. The molecular formula is C16H19FN2O5. The van der Waals surface area contributed by atoms with Crippen molar-refractivity contribution < 1.29 is 28.2 Å². The van der Waals surface area contributed by atoms with E-state index in [2.05, 4.69) is 5.32 Å². The minimum atomic E-state index is -0.731.